The highest BCUT2D eigenvalue weighted by Crippen LogP contribution is 2.32. The summed E-state index contributed by atoms with van der Waals surface area (Å²) in [4.78, 5) is 2.46. The number of nitrogen functional groups attached to an aromatic ring is 1. The van der Waals surface area contributed by atoms with Crippen molar-refractivity contribution in [3.8, 4) is 0 Å². The first-order valence-electron chi connectivity index (χ1n) is 5.86. The highest BCUT2D eigenvalue weighted by molar-refractivity contribution is 9.10. The Kier molecular flexibility index (Phi) is 3.43. The summed E-state index contributed by atoms with van der Waals surface area (Å²) in [5.74, 6) is 1.54. The van der Waals surface area contributed by atoms with E-state index in [1.807, 2.05) is 12.1 Å². The number of benzene rings is 1. The van der Waals surface area contributed by atoms with Gasteiger partial charge in [-0.1, -0.05) is 13.8 Å². The maximum absolute atomic E-state index is 5.76. The van der Waals surface area contributed by atoms with E-state index in [4.69, 9.17) is 5.73 Å². The van der Waals surface area contributed by atoms with Gasteiger partial charge < -0.3 is 10.6 Å². The van der Waals surface area contributed by atoms with Gasteiger partial charge in [-0.25, -0.2) is 0 Å². The molecule has 1 aliphatic heterocycles. The van der Waals surface area contributed by atoms with Gasteiger partial charge in [0.25, 0.3) is 0 Å². The van der Waals surface area contributed by atoms with E-state index in [9.17, 15) is 0 Å². The molecule has 16 heavy (non-hydrogen) atoms. The number of halogens is 1. The normalized spacial score (nSPS) is 25.8. The molecular formula is C13H19BrN2. The monoisotopic (exact) mass is 282 g/mol. The van der Waals surface area contributed by atoms with Crippen LogP contribution in [0.15, 0.2) is 22.7 Å². The Bertz CT molecular complexity index is 368. The Morgan fingerprint density at radius 1 is 1.25 bits per heavy atom. The van der Waals surface area contributed by atoms with E-state index in [1.165, 1.54) is 12.1 Å². The van der Waals surface area contributed by atoms with E-state index >= 15 is 0 Å². The quantitative estimate of drug-likeness (QED) is 0.799. The zero-order valence-electron chi connectivity index (χ0n) is 9.91. The fraction of sp³-hybridized carbons (Fsp3) is 0.538. The molecule has 0 spiro atoms. The Labute approximate surface area is 106 Å². The maximum atomic E-state index is 5.76. The largest absolute Gasteiger partial charge is 0.399 e. The molecule has 1 saturated heterocycles. The van der Waals surface area contributed by atoms with Crippen LogP contribution in [-0.4, -0.2) is 13.1 Å². The first kappa shape index (κ1) is 11.8. The molecular weight excluding hydrogens is 264 g/mol. The van der Waals surface area contributed by atoms with Gasteiger partial charge >= 0.3 is 0 Å². The Morgan fingerprint density at radius 2 is 1.88 bits per heavy atom. The molecule has 3 heteroatoms. The van der Waals surface area contributed by atoms with Gasteiger partial charge in [0.1, 0.15) is 0 Å². The van der Waals surface area contributed by atoms with Gasteiger partial charge in [0.15, 0.2) is 0 Å². The van der Waals surface area contributed by atoms with E-state index < -0.39 is 0 Å². The van der Waals surface area contributed by atoms with Gasteiger partial charge in [-0.2, -0.15) is 0 Å². The van der Waals surface area contributed by atoms with Gasteiger partial charge in [-0.05, 0) is 52.4 Å². The maximum Gasteiger partial charge on any atom is 0.0512 e. The van der Waals surface area contributed by atoms with Crippen molar-refractivity contribution in [3.05, 3.63) is 22.7 Å². The third-order valence-corrected chi connectivity index (χ3v) is 3.82. The fourth-order valence-electron chi connectivity index (χ4n) is 2.64. The minimum atomic E-state index is 0.771. The average molecular weight is 283 g/mol. The molecule has 2 unspecified atom stereocenters. The topological polar surface area (TPSA) is 29.3 Å². The van der Waals surface area contributed by atoms with Crippen molar-refractivity contribution in [1.82, 2.24) is 0 Å². The van der Waals surface area contributed by atoms with Crippen LogP contribution < -0.4 is 10.6 Å². The van der Waals surface area contributed by atoms with Crippen LogP contribution in [0.25, 0.3) is 0 Å². The van der Waals surface area contributed by atoms with Crippen LogP contribution in [0.3, 0.4) is 0 Å². The van der Waals surface area contributed by atoms with E-state index in [0.29, 0.717) is 0 Å². The highest BCUT2D eigenvalue weighted by Gasteiger charge is 2.23. The van der Waals surface area contributed by atoms with Gasteiger partial charge in [-0.15, -0.1) is 0 Å². The number of nitrogens with two attached hydrogens (primary N) is 1. The lowest BCUT2D eigenvalue weighted by atomic mass is 9.91. The molecule has 88 valence electrons. The SMILES string of the molecule is CC1CC(C)CN(c2ccc(N)cc2Br)C1. The molecule has 1 aliphatic rings. The number of piperidine rings is 1. The lowest BCUT2D eigenvalue weighted by molar-refractivity contribution is 0.356. The molecule has 0 saturated carbocycles. The lowest BCUT2D eigenvalue weighted by Gasteiger charge is -2.37. The van der Waals surface area contributed by atoms with Gasteiger partial charge in [0.2, 0.25) is 0 Å². The van der Waals surface area contributed by atoms with Crippen LogP contribution in [0.4, 0.5) is 11.4 Å². The molecule has 0 bridgehead atoms. The zero-order chi connectivity index (χ0) is 11.7. The van der Waals surface area contributed by atoms with Crippen LogP contribution >= 0.6 is 15.9 Å². The van der Waals surface area contributed by atoms with Crippen LogP contribution in [0.5, 0.6) is 0 Å². The average Bonchev–Trinajstić information content (AvgIpc) is 2.15. The van der Waals surface area contributed by atoms with Crippen molar-refractivity contribution >= 4 is 27.3 Å². The predicted molar refractivity (Wildman–Crippen MR) is 73.7 cm³/mol. The van der Waals surface area contributed by atoms with E-state index in [0.717, 1.165) is 35.1 Å². The molecule has 0 aliphatic carbocycles. The van der Waals surface area contributed by atoms with Crippen molar-refractivity contribution in [2.24, 2.45) is 11.8 Å². The van der Waals surface area contributed by atoms with Crippen LogP contribution in [0.1, 0.15) is 20.3 Å². The molecule has 0 amide bonds. The summed E-state index contributed by atoms with van der Waals surface area (Å²) >= 11 is 3.60. The van der Waals surface area contributed by atoms with Crippen LogP contribution in [0, 0.1) is 11.8 Å². The first-order chi connectivity index (χ1) is 7.56. The molecule has 1 fully saturated rings. The molecule has 2 atom stereocenters. The Balaban J connectivity index is 2.23. The molecule has 1 aromatic carbocycles. The van der Waals surface area contributed by atoms with Crippen molar-refractivity contribution in [2.75, 3.05) is 23.7 Å². The number of rotatable bonds is 1. The second-order valence-corrected chi connectivity index (χ2v) is 5.92. The molecule has 0 aromatic heterocycles. The lowest BCUT2D eigenvalue weighted by Crippen LogP contribution is -2.38. The van der Waals surface area contributed by atoms with Gasteiger partial charge in [-0.3, -0.25) is 0 Å². The van der Waals surface area contributed by atoms with E-state index in [1.54, 1.807) is 0 Å². The summed E-state index contributed by atoms with van der Waals surface area (Å²) in [5, 5.41) is 0. The van der Waals surface area contributed by atoms with E-state index in [2.05, 4.69) is 40.7 Å². The number of anilines is 2. The van der Waals surface area contributed by atoms with Gasteiger partial charge in [0.05, 0.1) is 5.69 Å². The van der Waals surface area contributed by atoms with Crippen molar-refractivity contribution < 1.29 is 0 Å². The smallest absolute Gasteiger partial charge is 0.0512 e. The predicted octanol–water partition coefficient (Wildman–Crippen LogP) is 3.51. The minimum Gasteiger partial charge on any atom is -0.399 e. The minimum absolute atomic E-state index is 0.771. The number of hydrogen-bond donors (Lipinski definition) is 1. The Morgan fingerprint density at radius 3 is 2.44 bits per heavy atom. The molecule has 2 N–H and O–H groups in total. The molecule has 1 aromatic rings. The summed E-state index contributed by atoms with van der Waals surface area (Å²) in [6.07, 6.45) is 1.34. The molecule has 2 rings (SSSR count). The Hall–Kier alpha value is -0.700. The summed E-state index contributed by atoms with van der Waals surface area (Å²) in [6.45, 7) is 6.95. The number of nitrogens with zero attached hydrogens (tertiary/aromatic N) is 1. The summed E-state index contributed by atoms with van der Waals surface area (Å²) in [5.41, 5.74) is 7.85. The summed E-state index contributed by atoms with van der Waals surface area (Å²) in [6, 6.07) is 6.08. The van der Waals surface area contributed by atoms with Crippen molar-refractivity contribution in [1.29, 1.82) is 0 Å². The molecule has 0 radical (unpaired) electrons. The summed E-state index contributed by atoms with van der Waals surface area (Å²) in [7, 11) is 0. The third kappa shape index (κ3) is 2.51. The molecule has 1 heterocycles. The fourth-order valence-corrected chi connectivity index (χ4v) is 3.29. The second-order valence-electron chi connectivity index (χ2n) is 5.06. The second kappa shape index (κ2) is 4.66. The van der Waals surface area contributed by atoms with Crippen LogP contribution in [-0.2, 0) is 0 Å². The number of hydrogen-bond acceptors (Lipinski definition) is 2. The van der Waals surface area contributed by atoms with E-state index in [-0.39, 0.29) is 0 Å². The van der Waals surface area contributed by atoms with Crippen molar-refractivity contribution in [2.45, 2.75) is 20.3 Å². The summed E-state index contributed by atoms with van der Waals surface area (Å²) < 4.78 is 1.11. The van der Waals surface area contributed by atoms with Gasteiger partial charge in [0, 0.05) is 23.2 Å². The molecule has 2 nitrogen and oxygen atoms in total. The standard InChI is InChI=1S/C13H19BrN2/c1-9-5-10(2)8-16(7-9)13-4-3-11(15)6-12(13)14/h3-4,6,9-10H,5,7-8,15H2,1-2H3. The third-order valence-electron chi connectivity index (χ3n) is 3.18. The highest BCUT2D eigenvalue weighted by atomic mass is 79.9. The first-order valence-corrected chi connectivity index (χ1v) is 6.65. The zero-order valence-corrected chi connectivity index (χ0v) is 11.5. The van der Waals surface area contributed by atoms with Crippen molar-refractivity contribution in [3.63, 3.8) is 0 Å². The van der Waals surface area contributed by atoms with Crippen LogP contribution in [0.2, 0.25) is 0 Å².